The number of ether oxygens (including phenoxy) is 2. The van der Waals surface area contributed by atoms with Gasteiger partial charge in [0, 0.05) is 68.2 Å². The number of nitro groups is 1. The topological polar surface area (TPSA) is 114 Å². The van der Waals surface area contributed by atoms with Crippen molar-refractivity contribution in [1.82, 2.24) is 15.1 Å². The van der Waals surface area contributed by atoms with Crippen LogP contribution in [0.3, 0.4) is 0 Å². The molecular formula is C28H38N4O6. The Morgan fingerprint density at radius 3 is 2.32 bits per heavy atom. The number of nitro benzene ring substituents is 1. The number of carbonyl (C=O) groups excluding carboxylic acids is 2. The number of nitrogens with zero attached hydrogens (tertiary/aromatic N) is 3. The third-order valence-corrected chi connectivity index (χ3v) is 6.90. The van der Waals surface area contributed by atoms with Gasteiger partial charge in [0.25, 0.3) is 5.69 Å². The van der Waals surface area contributed by atoms with E-state index in [1.807, 2.05) is 6.08 Å². The lowest BCUT2D eigenvalue weighted by Crippen LogP contribution is -2.49. The largest absolute Gasteiger partial charge is 0.466 e. The third-order valence-electron chi connectivity index (χ3n) is 6.90. The average molecular weight is 527 g/mol. The standard InChI is InChI=1S/C28H38N4O6/c1-7-11-30-12-14-31(15-13-30)17-28(4,5)18-38-27(34)24-20(3)29-19(2)23(26(33)37-6)25(24)21-9-8-10-22(16-21)32(35)36/h7-10,16,25,29H,1,11-15,17-18H2,2-6H3/t25-/m0/s1. The Morgan fingerprint density at radius 2 is 1.74 bits per heavy atom. The van der Waals surface area contributed by atoms with E-state index < -0.39 is 22.8 Å². The van der Waals surface area contributed by atoms with E-state index in [0.29, 0.717) is 17.0 Å². The molecule has 10 nitrogen and oxygen atoms in total. The molecule has 1 fully saturated rings. The van der Waals surface area contributed by atoms with Crippen LogP contribution in [0.2, 0.25) is 0 Å². The van der Waals surface area contributed by atoms with E-state index in [1.54, 1.807) is 19.9 Å². The molecule has 0 amide bonds. The number of carbonyl (C=O) groups is 2. The molecule has 10 heteroatoms. The molecule has 2 aliphatic rings. The zero-order chi connectivity index (χ0) is 28.0. The third kappa shape index (κ3) is 6.87. The molecule has 0 radical (unpaired) electrons. The van der Waals surface area contributed by atoms with Crippen LogP contribution in [0.4, 0.5) is 5.69 Å². The first-order valence-electron chi connectivity index (χ1n) is 12.7. The highest BCUT2D eigenvalue weighted by Crippen LogP contribution is 2.40. The van der Waals surface area contributed by atoms with Crippen LogP contribution in [-0.4, -0.2) is 79.6 Å². The molecule has 1 N–H and O–H groups in total. The van der Waals surface area contributed by atoms with Gasteiger partial charge in [0.2, 0.25) is 0 Å². The van der Waals surface area contributed by atoms with E-state index in [0.717, 1.165) is 39.3 Å². The Balaban J connectivity index is 1.82. The lowest BCUT2D eigenvalue weighted by molar-refractivity contribution is -0.384. The van der Waals surface area contributed by atoms with E-state index in [4.69, 9.17) is 9.47 Å². The molecule has 38 heavy (non-hydrogen) atoms. The second-order valence-electron chi connectivity index (χ2n) is 10.6. The number of benzene rings is 1. The fourth-order valence-electron chi connectivity index (χ4n) is 5.10. The summed E-state index contributed by atoms with van der Waals surface area (Å²) in [5, 5.41) is 14.5. The molecule has 0 bridgehead atoms. The number of dihydropyridines is 1. The second-order valence-corrected chi connectivity index (χ2v) is 10.6. The van der Waals surface area contributed by atoms with Crippen molar-refractivity contribution < 1.29 is 24.0 Å². The van der Waals surface area contributed by atoms with Crippen molar-refractivity contribution in [2.24, 2.45) is 5.41 Å². The SMILES string of the molecule is C=CCN1CCN(CC(C)(C)COC(=O)C2=C(C)NC(C)=C(C(=O)OC)[C@@H]2c2cccc([N+](=O)[O-])c2)CC1. The number of allylic oxidation sites excluding steroid dienone is 2. The summed E-state index contributed by atoms with van der Waals surface area (Å²) in [7, 11) is 1.26. The number of hydrogen-bond donors (Lipinski definition) is 1. The highest BCUT2D eigenvalue weighted by Gasteiger charge is 2.39. The number of non-ortho nitro benzene ring substituents is 1. The molecule has 1 aromatic rings. The summed E-state index contributed by atoms with van der Waals surface area (Å²) in [6.07, 6.45) is 1.92. The first-order chi connectivity index (χ1) is 18.0. The summed E-state index contributed by atoms with van der Waals surface area (Å²) >= 11 is 0. The summed E-state index contributed by atoms with van der Waals surface area (Å²) in [6.45, 7) is 17.0. The van der Waals surface area contributed by atoms with Crippen LogP contribution in [0.15, 0.2) is 59.5 Å². The van der Waals surface area contributed by atoms with Crippen LogP contribution in [-0.2, 0) is 19.1 Å². The van der Waals surface area contributed by atoms with E-state index in [-0.39, 0.29) is 28.9 Å². The minimum Gasteiger partial charge on any atom is -0.466 e. The van der Waals surface area contributed by atoms with E-state index in [9.17, 15) is 19.7 Å². The van der Waals surface area contributed by atoms with Gasteiger partial charge in [-0.2, -0.15) is 0 Å². The first-order valence-corrected chi connectivity index (χ1v) is 12.7. The van der Waals surface area contributed by atoms with E-state index in [1.165, 1.54) is 25.3 Å². The number of methoxy groups -OCH3 is 1. The van der Waals surface area contributed by atoms with Crippen molar-refractivity contribution in [3.8, 4) is 0 Å². The van der Waals surface area contributed by atoms with Gasteiger partial charge in [0.05, 0.1) is 35.7 Å². The monoisotopic (exact) mass is 526 g/mol. The van der Waals surface area contributed by atoms with Crippen molar-refractivity contribution in [2.45, 2.75) is 33.6 Å². The van der Waals surface area contributed by atoms with Gasteiger partial charge in [0.15, 0.2) is 0 Å². The Hall–Kier alpha value is -3.50. The fourth-order valence-corrected chi connectivity index (χ4v) is 5.10. The molecule has 0 aliphatic carbocycles. The zero-order valence-corrected chi connectivity index (χ0v) is 22.9. The Bertz CT molecular complexity index is 1150. The molecule has 1 aromatic carbocycles. The maximum absolute atomic E-state index is 13.6. The molecule has 206 valence electrons. The van der Waals surface area contributed by atoms with Crippen molar-refractivity contribution in [2.75, 3.05) is 53.0 Å². The van der Waals surface area contributed by atoms with E-state index >= 15 is 0 Å². The van der Waals surface area contributed by atoms with Crippen molar-refractivity contribution >= 4 is 17.6 Å². The molecule has 0 unspecified atom stereocenters. The molecule has 1 saturated heterocycles. The Morgan fingerprint density at radius 1 is 1.13 bits per heavy atom. The van der Waals surface area contributed by atoms with Crippen LogP contribution in [0.5, 0.6) is 0 Å². The number of nitrogens with one attached hydrogen (secondary N) is 1. The number of piperazine rings is 1. The highest BCUT2D eigenvalue weighted by atomic mass is 16.6. The summed E-state index contributed by atoms with van der Waals surface area (Å²) < 4.78 is 10.9. The Kier molecular flexibility index (Phi) is 9.45. The minimum absolute atomic E-state index is 0.136. The maximum Gasteiger partial charge on any atom is 0.336 e. The normalized spacial score (nSPS) is 19.1. The van der Waals surface area contributed by atoms with Gasteiger partial charge in [-0.05, 0) is 19.4 Å². The zero-order valence-electron chi connectivity index (χ0n) is 22.9. The second kappa shape index (κ2) is 12.4. The molecule has 1 atom stereocenters. The van der Waals surface area contributed by atoms with Crippen LogP contribution in [0.1, 0.15) is 39.2 Å². The van der Waals surface area contributed by atoms with Crippen molar-refractivity contribution in [3.63, 3.8) is 0 Å². The quantitative estimate of drug-likeness (QED) is 0.212. The van der Waals surface area contributed by atoms with Gasteiger partial charge in [-0.15, -0.1) is 6.58 Å². The summed E-state index contributed by atoms with van der Waals surface area (Å²) in [6, 6.07) is 5.95. The summed E-state index contributed by atoms with van der Waals surface area (Å²) in [5.74, 6) is -2.08. The predicted molar refractivity (Wildman–Crippen MR) is 144 cm³/mol. The van der Waals surface area contributed by atoms with Crippen LogP contribution in [0, 0.1) is 15.5 Å². The summed E-state index contributed by atoms with van der Waals surface area (Å²) in [5.41, 5.74) is 1.45. The predicted octanol–water partition coefficient (Wildman–Crippen LogP) is 3.38. The van der Waals surface area contributed by atoms with Crippen LogP contribution in [0.25, 0.3) is 0 Å². The molecule has 3 rings (SSSR count). The van der Waals surface area contributed by atoms with Gasteiger partial charge in [-0.1, -0.05) is 32.1 Å². The van der Waals surface area contributed by atoms with E-state index in [2.05, 4.69) is 35.5 Å². The lowest BCUT2D eigenvalue weighted by atomic mass is 9.80. The van der Waals surface area contributed by atoms with Gasteiger partial charge in [-0.25, -0.2) is 9.59 Å². The van der Waals surface area contributed by atoms with Gasteiger partial charge in [-0.3, -0.25) is 15.0 Å². The van der Waals surface area contributed by atoms with Gasteiger partial charge in [0.1, 0.15) is 0 Å². The molecule has 0 saturated carbocycles. The van der Waals surface area contributed by atoms with Crippen LogP contribution < -0.4 is 5.32 Å². The molecule has 2 heterocycles. The van der Waals surface area contributed by atoms with Crippen LogP contribution >= 0.6 is 0 Å². The van der Waals surface area contributed by atoms with Crippen molar-refractivity contribution in [3.05, 3.63) is 75.1 Å². The minimum atomic E-state index is -0.878. The van der Waals surface area contributed by atoms with Gasteiger partial charge >= 0.3 is 11.9 Å². The first kappa shape index (κ1) is 29.1. The number of hydrogen-bond acceptors (Lipinski definition) is 9. The molecular weight excluding hydrogens is 488 g/mol. The molecule has 0 spiro atoms. The number of esters is 2. The summed E-state index contributed by atoms with van der Waals surface area (Å²) in [4.78, 5) is 42.1. The molecule has 2 aliphatic heterocycles. The average Bonchev–Trinajstić information content (AvgIpc) is 2.87. The lowest BCUT2D eigenvalue weighted by Gasteiger charge is -2.38. The smallest absolute Gasteiger partial charge is 0.336 e. The maximum atomic E-state index is 13.6. The Labute approximate surface area is 224 Å². The van der Waals surface area contributed by atoms with Crippen molar-refractivity contribution in [1.29, 1.82) is 0 Å². The van der Waals surface area contributed by atoms with Gasteiger partial charge < -0.3 is 19.7 Å². The number of rotatable bonds is 10. The fraction of sp³-hybridized carbons (Fsp3) is 0.500. The highest BCUT2D eigenvalue weighted by molar-refractivity contribution is 5.99. The molecule has 0 aromatic heterocycles.